The Morgan fingerprint density at radius 3 is 2.95 bits per heavy atom. The Kier molecular flexibility index (Phi) is 3.90. The van der Waals surface area contributed by atoms with Crippen molar-refractivity contribution in [3.8, 4) is 0 Å². The molecule has 0 aliphatic heterocycles. The maximum atomic E-state index is 6.22. The predicted octanol–water partition coefficient (Wildman–Crippen LogP) is 3.62. The summed E-state index contributed by atoms with van der Waals surface area (Å²) >= 11 is 1.78. The molecule has 3 rings (SSSR count). The number of nitrogens with two attached hydrogens (primary N) is 1. The lowest BCUT2D eigenvalue weighted by Crippen LogP contribution is -2.39. The molecule has 0 amide bonds. The fourth-order valence-electron chi connectivity index (χ4n) is 3.50. The zero-order valence-corrected chi connectivity index (χ0v) is 12.9. The summed E-state index contributed by atoms with van der Waals surface area (Å²) in [5.74, 6) is 0. The van der Waals surface area contributed by atoms with Gasteiger partial charge in [-0.3, -0.25) is 0 Å². The molecule has 2 N–H and O–H groups in total. The molecule has 3 heteroatoms. The summed E-state index contributed by atoms with van der Waals surface area (Å²) in [7, 11) is 0. The molecule has 0 saturated heterocycles. The molecule has 2 aromatic rings. The van der Waals surface area contributed by atoms with Crippen LogP contribution in [-0.2, 0) is 18.3 Å². The third kappa shape index (κ3) is 2.40. The quantitative estimate of drug-likeness (QED) is 0.932. The Balaban J connectivity index is 1.87. The van der Waals surface area contributed by atoms with Gasteiger partial charge in [-0.2, -0.15) is 0 Å². The third-order valence-corrected chi connectivity index (χ3v) is 5.75. The van der Waals surface area contributed by atoms with Crippen LogP contribution in [-0.4, -0.2) is 11.5 Å². The van der Waals surface area contributed by atoms with Crippen LogP contribution in [0.2, 0.25) is 0 Å². The first-order valence-electron chi connectivity index (χ1n) is 7.42. The molecule has 1 aliphatic carbocycles. The van der Waals surface area contributed by atoms with Crippen molar-refractivity contribution in [2.45, 2.75) is 44.4 Å². The fourth-order valence-corrected chi connectivity index (χ4v) is 4.28. The second kappa shape index (κ2) is 5.66. The minimum Gasteiger partial charge on any atom is -0.330 e. The van der Waals surface area contributed by atoms with E-state index in [1.165, 1.54) is 41.0 Å². The molecule has 0 radical (unpaired) electrons. The molecule has 106 valence electrons. The first kappa shape index (κ1) is 13.8. The number of nitrogens with zero attached hydrogens (tertiary/aromatic N) is 1. The summed E-state index contributed by atoms with van der Waals surface area (Å²) in [4.78, 5) is 5.78. The number of aryl methyl sites for hydroxylation is 3. The SMILES string of the molecule is Cc1ncsc1CCC1(CN)CCCc2ccccc21. The summed E-state index contributed by atoms with van der Waals surface area (Å²) < 4.78 is 0. The van der Waals surface area contributed by atoms with E-state index in [4.69, 9.17) is 5.73 Å². The van der Waals surface area contributed by atoms with Crippen molar-refractivity contribution >= 4 is 11.3 Å². The number of aromatic nitrogens is 1. The van der Waals surface area contributed by atoms with Gasteiger partial charge in [0.25, 0.3) is 0 Å². The van der Waals surface area contributed by atoms with E-state index in [0.29, 0.717) is 0 Å². The van der Waals surface area contributed by atoms with Gasteiger partial charge in [-0.15, -0.1) is 11.3 Å². The van der Waals surface area contributed by atoms with E-state index >= 15 is 0 Å². The maximum Gasteiger partial charge on any atom is 0.0797 e. The van der Waals surface area contributed by atoms with Gasteiger partial charge < -0.3 is 5.73 Å². The summed E-state index contributed by atoms with van der Waals surface area (Å²) in [6.07, 6.45) is 5.93. The van der Waals surface area contributed by atoms with Crippen molar-refractivity contribution in [3.05, 3.63) is 51.5 Å². The minimum atomic E-state index is 0.172. The first-order chi connectivity index (χ1) is 9.75. The largest absolute Gasteiger partial charge is 0.330 e. The van der Waals surface area contributed by atoms with Crippen molar-refractivity contribution in [3.63, 3.8) is 0 Å². The van der Waals surface area contributed by atoms with Crippen LogP contribution in [0.25, 0.3) is 0 Å². The monoisotopic (exact) mass is 286 g/mol. The van der Waals surface area contributed by atoms with Crippen molar-refractivity contribution in [2.24, 2.45) is 5.73 Å². The van der Waals surface area contributed by atoms with Gasteiger partial charge in [-0.1, -0.05) is 24.3 Å². The minimum absolute atomic E-state index is 0.172. The second-order valence-electron chi connectivity index (χ2n) is 5.86. The van der Waals surface area contributed by atoms with E-state index in [2.05, 4.69) is 36.2 Å². The van der Waals surface area contributed by atoms with Gasteiger partial charge in [0.2, 0.25) is 0 Å². The van der Waals surface area contributed by atoms with Crippen LogP contribution in [0.15, 0.2) is 29.8 Å². The van der Waals surface area contributed by atoms with Gasteiger partial charge in [-0.25, -0.2) is 4.98 Å². The lowest BCUT2D eigenvalue weighted by atomic mass is 9.67. The lowest BCUT2D eigenvalue weighted by Gasteiger charge is -2.38. The van der Waals surface area contributed by atoms with E-state index < -0.39 is 0 Å². The normalized spacial score (nSPS) is 21.7. The van der Waals surface area contributed by atoms with Crippen LogP contribution in [0.1, 0.15) is 41.0 Å². The number of hydrogen-bond donors (Lipinski definition) is 1. The highest BCUT2D eigenvalue weighted by atomic mass is 32.1. The topological polar surface area (TPSA) is 38.9 Å². The average molecular weight is 286 g/mol. The Morgan fingerprint density at radius 1 is 1.35 bits per heavy atom. The van der Waals surface area contributed by atoms with Crippen LogP contribution >= 0.6 is 11.3 Å². The summed E-state index contributed by atoms with van der Waals surface area (Å²) in [5, 5.41) is 0. The summed E-state index contributed by atoms with van der Waals surface area (Å²) in [6.45, 7) is 2.86. The highest BCUT2D eigenvalue weighted by molar-refractivity contribution is 7.09. The number of hydrogen-bond acceptors (Lipinski definition) is 3. The van der Waals surface area contributed by atoms with E-state index in [0.717, 1.165) is 19.4 Å². The number of fused-ring (bicyclic) bond motifs is 1. The highest BCUT2D eigenvalue weighted by Gasteiger charge is 2.34. The standard InChI is InChI=1S/C17H22N2S/c1-13-16(20-12-19-13)8-10-17(11-18)9-4-6-14-5-2-3-7-15(14)17/h2-3,5,7,12H,4,6,8-11,18H2,1H3. The van der Waals surface area contributed by atoms with E-state index in [9.17, 15) is 0 Å². The molecule has 1 heterocycles. The third-order valence-electron chi connectivity index (χ3n) is 4.76. The average Bonchev–Trinajstić information content (AvgIpc) is 2.90. The smallest absolute Gasteiger partial charge is 0.0797 e. The van der Waals surface area contributed by atoms with E-state index in [1.807, 2.05) is 5.51 Å². The van der Waals surface area contributed by atoms with Crippen LogP contribution in [0.4, 0.5) is 0 Å². The molecule has 20 heavy (non-hydrogen) atoms. The van der Waals surface area contributed by atoms with Gasteiger partial charge in [0, 0.05) is 16.8 Å². The number of benzene rings is 1. The van der Waals surface area contributed by atoms with E-state index in [1.54, 1.807) is 11.3 Å². The number of thiazole rings is 1. The summed E-state index contributed by atoms with van der Waals surface area (Å²) in [6, 6.07) is 8.88. The molecule has 0 bridgehead atoms. The molecule has 1 aromatic heterocycles. The molecule has 1 unspecified atom stereocenters. The first-order valence-corrected chi connectivity index (χ1v) is 8.30. The van der Waals surface area contributed by atoms with Gasteiger partial charge in [0.1, 0.15) is 0 Å². The van der Waals surface area contributed by atoms with Crippen LogP contribution in [0.3, 0.4) is 0 Å². The molecular weight excluding hydrogens is 264 g/mol. The molecule has 0 saturated carbocycles. The molecule has 1 aliphatic rings. The molecular formula is C17H22N2S. The van der Waals surface area contributed by atoms with Gasteiger partial charge >= 0.3 is 0 Å². The molecule has 1 atom stereocenters. The van der Waals surface area contributed by atoms with Crippen LogP contribution in [0, 0.1) is 6.92 Å². The van der Waals surface area contributed by atoms with Crippen molar-refractivity contribution < 1.29 is 0 Å². The lowest BCUT2D eigenvalue weighted by molar-refractivity contribution is 0.344. The van der Waals surface area contributed by atoms with Crippen LogP contribution < -0.4 is 5.73 Å². The maximum absolute atomic E-state index is 6.22. The highest BCUT2D eigenvalue weighted by Crippen LogP contribution is 2.40. The van der Waals surface area contributed by atoms with E-state index in [-0.39, 0.29) is 5.41 Å². The molecule has 0 spiro atoms. The molecule has 2 nitrogen and oxygen atoms in total. The van der Waals surface area contributed by atoms with Crippen molar-refractivity contribution in [2.75, 3.05) is 6.54 Å². The zero-order chi connectivity index (χ0) is 14.0. The summed E-state index contributed by atoms with van der Waals surface area (Å²) in [5.41, 5.74) is 12.5. The van der Waals surface area contributed by atoms with Crippen LogP contribution in [0.5, 0.6) is 0 Å². The number of rotatable bonds is 4. The van der Waals surface area contributed by atoms with Gasteiger partial charge in [0.05, 0.1) is 11.2 Å². The molecule has 0 fully saturated rings. The Labute approximate surface area is 125 Å². The van der Waals surface area contributed by atoms with Crippen molar-refractivity contribution in [1.82, 2.24) is 4.98 Å². The zero-order valence-electron chi connectivity index (χ0n) is 12.1. The van der Waals surface area contributed by atoms with Crippen molar-refractivity contribution in [1.29, 1.82) is 0 Å². The van der Waals surface area contributed by atoms with Gasteiger partial charge in [-0.05, 0) is 50.2 Å². The Hall–Kier alpha value is -1.19. The second-order valence-corrected chi connectivity index (χ2v) is 6.80. The Bertz CT molecular complexity index is 590. The predicted molar refractivity (Wildman–Crippen MR) is 85.3 cm³/mol. The molecule has 1 aromatic carbocycles. The van der Waals surface area contributed by atoms with Gasteiger partial charge in [0.15, 0.2) is 0 Å². The Morgan fingerprint density at radius 2 is 2.20 bits per heavy atom. The fraction of sp³-hybridized carbons (Fsp3) is 0.471.